The van der Waals surface area contributed by atoms with E-state index in [0.717, 1.165) is 17.5 Å². The Morgan fingerprint density at radius 2 is 1.73 bits per heavy atom. The molecule has 1 aromatic heterocycles. The number of fused-ring (bicyclic) bond motifs is 1. The van der Waals surface area contributed by atoms with Gasteiger partial charge >= 0.3 is 11.6 Å². The smallest absolute Gasteiger partial charge is 0.318 e. The number of amides is 1. The number of ether oxygens (including phenoxy) is 1. The van der Waals surface area contributed by atoms with Crippen LogP contribution in [0.4, 0.5) is 11.4 Å². The second kappa shape index (κ2) is 8.98. The number of hydrazone groups is 1. The van der Waals surface area contributed by atoms with Gasteiger partial charge in [0.2, 0.25) is 5.75 Å². The lowest BCUT2D eigenvalue weighted by Crippen LogP contribution is -2.16. The predicted octanol–water partition coefficient (Wildman–Crippen LogP) is 4.81. The van der Waals surface area contributed by atoms with E-state index in [1.807, 2.05) is 12.1 Å². The quantitative estimate of drug-likeness (QED) is 0.243. The Hall–Kier alpha value is -5.06. The van der Waals surface area contributed by atoms with Crippen LogP contribution in [0.5, 0.6) is 11.5 Å². The van der Waals surface area contributed by atoms with Crippen molar-refractivity contribution >= 4 is 34.5 Å². The van der Waals surface area contributed by atoms with E-state index >= 15 is 0 Å². The van der Waals surface area contributed by atoms with Crippen LogP contribution in [0.3, 0.4) is 0 Å². The SMILES string of the molecule is O=C(N/N=C/c1ccc(Oc2ccc([N+](=O)[O-])cc2[N+](=O)[O-])cc1)c1cc2ccccc2o1. The van der Waals surface area contributed by atoms with E-state index in [9.17, 15) is 25.0 Å². The van der Waals surface area contributed by atoms with Crippen LogP contribution in [-0.4, -0.2) is 22.0 Å². The summed E-state index contributed by atoms with van der Waals surface area (Å²) < 4.78 is 11.0. The maximum atomic E-state index is 12.2. The minimum Gasteiger partial charge on any atom is -0.451 e. The highest BCUT2D eigenvalue weighted by molar-refractivity contribution is 5.96. The Balaban J connectivity index is 1.41. The summed E-state index contributed by atoms with van der Waals surface area (Å²) in [5.41, 5.74) is 2.65. The molecule has 1 amide bonds. The first-order valence-electron chi connectivity index (χ1n) is 9.43. The fourth-order valence-corrected chi connectivity index (χ4v) is 2.91. The van der Waals surface area contributed by atoms with Crippen molar-refractivity contribution in [2.45, 2.75) is 0 Å². The molecule has 1 heterocycles. The standard InChI is InChI=1S/C22H14N4O7/c27-22(21-11-15-3-1-2-4-19(15)33-21)24-23-13-14-5-8-17(9-6-14)32-20-10-7-16(25(28)29)12-18(20)26(30)31/h1-13H,(H,24,27)/b23-13+. The van der Waals surface area contributed by atoms with Gasteiger partial charge in [-0.1, -0.05) is 18.2 Å². The summed E-state index contributed by atoms with van der Waals surface area (Å²) in [6.07, 6.45) is 1.40. The van der Waals surface area contributed by atoms with Crippen molar-refractivity contribution in [2.75, 3.05) is 0 Å². The highest BCUT2D eigenvalue weighted by Crippen LogP contribution is 2.34. The van der Waals surface area contributed by atoms with Gasteiger partial charge in [0.15, 0.2) is 5.76 Å². The lowest BCUT2D eigenvalue weighted by molar-refractivity contribution is -0.394. The van der Waals surface area contributed by atoms with E-state index in [2.05, 4.69) is 10.5 Å². The van der Waals surface area contributed by atoms with Gasteiger partial charge in [-0.15, -0.1) is 0 Å². The van der Waals surface area contributed by atoms with Crippen LogP contribution in [0, 0.1) is 20.2 Å². The van der Waals surface area contributed by atoms with Crippen molar-refractivity contribution < 1.29 is 23.8 Å². The molecule has 0 radical (unpaired) electrons. The molecular formula is C22H14N4O7. The Morgan fingerprint density at radius 1 is 0.970 bits per heavy atom. The maximum Gasteiger partial charge on any atom is 0.318 e. The van der Waals surface area contributed by atoms with Crippen LogP contribution in [0.1, 0.15) is 16.1 Å². The third-order valence-corrected chi connectivity index (χ3v) is 4.49. The number of nitrogens with zero attached hydrogens (tertiary/aromatic N) is 3. The minimum absolute atomic E-state index is 0.127. The number of nitro groups is 2. The number of carbonyl (C=O) groups is 1. The van der Waals surface area contributed by atoms with E-state index in [-0.39, 0.29) is 17.3 Å². The number of non-ortho nitro benzene ring substituents is 1. The Morgan fingerprint density at radius 3 is 2.42 bits per heavy atom. The number of para-hydroxylation sites is 1. The molecule has 0 unspecified atom stereocenters. The highest BCUT2D eigenvalue weighted by atomic mass is 16.6. The fraction of sp³-hybridized carbons (Fsp3) is 0. The Labute approximate surface area is 185 Å². The third-order valence-electron chi connectivity index (χ3n) is 4.49. The first kappa shape index (κ1) is 21.2. The second-order valence-corrected chi connectivity index (χ2v) is 6.68. The van der Waals surface area contributed by atoms with Gasteiger partial charge in [-0.3, -0.25) is 25.0 Å². The first-order valence-corrected chi connectivity index (χ1v) is 9.43. The zero-order valence-corrected chi connectivity index (χ0v) is 16.7. The molecule has 0 atom stereocenters. The van der Waals surface area contributed by atoms with Crippen molar-refractivity contribution in [1.29, 1.82) is 0 Å². The third kappa shape index (κ3) is 4.82. The van der Waals surface area contributed by atoms with Gasteiger partial charge in [0, 0.05) is 11.5 Å². The van der Waals surface area contributed by atoms with Crippen LogP contribution in [0.25, 0.3) is 11.0 Å². The number of hydrogen-bond donors (Lipinski definition) is 1. The summed E-state index contributed by atoms with van der Waals surface area (Å²) in [6, 6.07) is 18.3. The van der Waals surface area contributed by atoms with Crippen molar-refractivity contribution in [2.24, 2.45) is 5.10 Å². The Bertz CT molecular complexity index is 1360. The molecule has 4 rings (SSSR count). The molecule has 3 aromatic carbocycles. The first-order chi connectivity index (χ1) is 15.9. The van der Waals surface area contributed by atoms with Gasteiger partial charge in [0.1, 0.15) is 11.3 Å². The summed E-state index contributed by atoms with van der Waals surface area (Å²) in [4.78, 5) is 32.7. The number of nitrogens with one attached hydrogen (secondary N) is 1. The number of hydrogen-bond acceptors (Lipinski definition) is 8. The minimum atomic E-state index is -0.756. The Kier molecular flexibility index (Phi) is 5.76. The van der Waals surface area contributed by atoms with Gasteiger partial charge < -0.3 is 9.15 Å². The van der Waals surface area contributed by atoms with E-state index < -0.39 is 27.1 Å². The van der Waals surface area contributed by atoms with Crippen molar-refractivity contribution in [3.63, 3.8) is 0 Å². The monoisotopic (exact) mass is 446 g/mol. The normalized spacial score (nSPS) is 10.9. The molecule has 0 aliphatic rings. The zero-order chi connectivity index (χ0) is 23.4. The molecule has 1 N–H and O–H groups in total. The molecule has 0 bridgehead atoms. The molecular weight excluding hydrogens is 432 g/mol. The van der Waals surface area contributed by atoms with Gasteiger partial charge in [-0.05, 0) is 48.0 Å². The zero-order valence-electron chi connectivity index (χ0n) is 16.7. The van der Waals surface area contributed by atoms with E-state index in [0.29, 0.717) is 11.1 Å². The average molecular weight is 446 g/mol. The lowest BCUT2D eigenvalue weighted by atomic mass is 10.2. The summed E-state index contributed by atoms with van der Waals surface area (Å²) in [6.45, 7) is 0. The highest BCUT2D eigenvalue weighted by Gasteiger charge is 2.21. The molecule has 4 aromatic rings. The lowest BCUT2D eigenvalue weighted by Gasteiger charge is -2.06. The molecule has 0 saturated carbocycles. The maximum absolute atomic E-state index is 12.2. The van der Waals surface area contributed by atoms with Crippen LogP contribution < -0.4 is 10.2 Å². The second-order valence-electron chi connectivity index (χ2n) is 6.68. The summed E-state index contributed by atoms with van der Waals surface area (Å²) in [7, 11) is 0. The average Bonchev–Trinajstić information content (AvgIpc) is 3.24. The molecule has 11 nitrogen and oxygen atoms in total. The largest absolute Gasteiger partial charge is 0.451 e. The molecule has 0 saturated heterocycles. The van der Waals surface area contributed by atoms with Gasteiger partial charge in [0.05, 0.1) is 22.1 Å². The molecule has 0 spiro atoms. The molecule has 11 heteroatoms. The van der Waals surface area contributed by atoms with E-state index in [4.69, 9.17) is 9.15 Å². The number of benzene rings is 3. The van der Waals surface area contributed by atoms with Gasteiger partial charge in [-0.25, -0.2) is 5.43 Å². The molecule has 0 aliphatic carbocycles. The van der Waals surface area contributed by atoms with Crippen LogP contribution in [0.2, 0.25) is 0 Å². The van der Waals surface area contributed by atoms with Crippen LogP contribution in [0.15, 0.2) is 82.3 Å². The number of nitro benzene ring substituents is 2. The van der Waals surface area contributed by atoms with Crippen LogP contribution in [-0.2, 0) is 0 Å². The van der Waals surface area contributed by atoms with Crippen molar-refractivity contribution in [3.8, 4) is 11.5 Å². The van der Waals surface area contributed by atoms with Gasteiger partial charge in [0.25, 0.3) is 5.69 Å². The number of furan rings is 1. The molecule has 0 aliphatic heterocycles. The van der Waals surface area contributed by atoms with Crippen molar-refractivity contribution in [3.05, 3.63) is 104 Å². The fourth-order valence-electron chi connectivity index (χ4n) is 2.91. The molecule has 33 heavy (non-hydrogen) atoms. The summed E-state index contributed by atoms with van der Waals surface area (Å²) in [5, 5.41) is 26.7. The van der Waals surface area contributed by atoms with Crippen LogP contribution >= 0.6 is 0 Å². The number of rotatable bonds is 7. The van der Waals surface area contributed by atoms with Gasteiger partial charge in [-0.2, -0.15) is 5.10 Å². The van der Waals surface area contributed by atoms with E-state index in [1.54, 1.807) is 30.3 Å². The summed E-state index contributed by atoms with van der Waals surface area (Å²) >= 11 is 0. The molecule has 164 valence electrons. The van der Waals surface area contributed by atoms with Crippen molar-refractivity contribution in [1.82, 2.24) is 5.43 Å². The number of carbonyl (C=O) groups excluding carboxylic acids is 1. The molecule has 0 fully saturated rings. The predicted molar refractivity (Wildman–Crippen MR) is 118 cm³/mol. The van der Waals surface area contributed by atoms with E-state index in [1.165, 1.54) is 24.4 Å². The summed E-state index contributed by atoms with van der Waals surface area (Å²) in [5.74, 6) is -0.241. The topological polar surface area (TPSA) is 150 Å².